The van der Waals surface area contributed by atoms with E-state index in [0.717, 1.165) is 29.9 Å². The van der Waals surface area contributed by atoms with Crippen molar-refractivity contribution in [3.63, 3.8) is 0 Å². The molecular weight excluding hydrogens is 284 g/mol. The number of hydrogen-bond donors (Lipinski definition) is 1. The zero-order chi connectivity index (χ0) is 14.9. The Morgan fingerprint density at radius 3 is 2.71 bits per heavy atom. The number of nitrogens with zero attached hydrogens (tertiary/aromatic N) is 1. The van der Waals surface area contributed by atoms with Gasteiger partial charge in [-0.3, -0.25) is 9.59 Å². The molecular formula is C16H20N2O2S. The second-order valence-electron chi connectivity index (χ2n) is 5.84. The van der Waals surface area contributed by atoms with Crippen LogP contribution in [0.2, 0.25) is 0 Å². The average molecular weight is 304 g/mol. The zero-order valence-electron chi connectivity index (χ0n) is 12.2. The number of piperazine rings is 1. The van der Waals surface area contributed by atoms with E-state index in [0.29, 0.717) is 0 Å². The number of nitrogens with one attached hydrogen (secondary N) is 1. The van der Waals surface area contributed by atoms with Gasteiger partial charge in [0.05, 0.1) is 6.54 Å². The van der Waals surface area contributed by atoms with Gasteiger partial charge in [0.2, 0.25) is 5.91 Å². The zero-order valence-corrected chi connectivity index (χ0v) is 13.0. The first-order valence-electron chi connectivity index (χ1n) is 7.36. The number of carbonyl (C=O) groups is 2. The molecule has 1 aromatic carbocycles. The summed E-state index contributed by atoms with van der Waals surface area (Å²) in [6, 6.07) is 9.70. The molecule has 112 valence electrons. The largest absolute Gasteiger partial charge is 0.337 e. The Kier molecular flexibility index (Phi) is 3.93. The molecule has 0 aromatic heterocycles. The van der Waals surface area contributed by atoms with Gasteiger partial charge in [0.15, 0.2) is 0 Å². The summed E-state index contributed by atoms with van der Waals surface area (Å²) in [5.74, 6) is 2.03. The maximum absolute atomic E-state index is 13.0. The molecule has 0 spiro atoms. The Morgan fingerprint density at radius 2 is 2.05 bits per heavy atom. The Labute approximate surface area is 129 Å². The van der Waals surface area contributed by atoms with Crippen molar-refractivity contribution in [2.75, 3.05) is 18.1 Å². The molecule has 0 radical (unpaired) electrons. The Morgan fingerprint density at radius 1 is 1.29 bits per heavy atom. The first-order valence-corrected chi connectivity index (χ1v) is 8.52. The summed E-state index contributed by atoms with van der Waals surface area (Å²) in [6.45, 7) is 2.00. The molecule has 2 amide bonds. The molecule has 5 heteroatoms. The summed E-state index contributed by atoms with van der Waals surface area (Å²) in [4.78, 5) is 26.9. The fourth-order valence-corrected chi connectivity index (χ4v) is 4.27. The fraction of sp³-hybridized carbons (Fsp3) is 0.500. The van der Waals surface area contributed by atoms with Crippen molar-refractivity contribution >= 4 is 23.6 Å². The highest BCUT2D eigenvalue weighted by Crippen LogP contribution is 2.30. The molecule has 4 nitrogen and oxygen atoms in total. The summed E-state index contributed by atoms with van der Waals surface area (Å²) >= 11 is 1.87. The molecule has 2 atom stereocenters. The van der Waals surface area contributed by atoms with Gasteiger partial charge in [0.1, 0.15) is 5.54 Å². The van der Waals surface area contributed by atoms with E-state index in [2.05, 4.69) is 5.32 Å². The Bertz CT molecular complexity index is 542. The summed E-state index contributed by atoms with van der Waals surface area (Å²) in [6.07, 6.45) is 2.11. The van der Waals surface area contributed by atoms with Crippen LogP contribution in [0.1, 0.15) is 25.3 Å². The summed E-state index contributed by atoms with van der Waals surface area (Å²) < 4.78 is 0. The molecule has 2 aliphatic rings. The molecule has 2 heterocycles. The Hall–Kier alpha value is -1.49. The van der Waals surface area contributed by atoms with Crippen LogP contribution < -0.4 is 5.32 Å². The van der Waals surface area contributed by atoms with E-state index in [4.69, 9.17) is 0 Å². The quantitative estimate of drug-likeness (QED) is 0.906. The third-order valence-corrected chi connectivity index (χ3v) is 5.52. The third-order valence-electron chi connectivity index (χ3n) is 4.32. The van der Waals surface area contributed by atoms with Crippen molar-refractivity contribution in [2.24, 2.45) is 0 Å². The van der Waals surface area contributed by atoms with Crippen LogP contribution in [0.3, 0.4) is 0 Å². The number of hydrogen-bond acceptors (Lipinski definition) is 3. The molecule has 0 bridgehead atoms. The lowest BCUT2D eigenvalue weighted by Crippen LogP contribution is -2.65. The van der Waals surface area contributed by atoms with Gasteiger partial charge in [-0.1, -0.05) is 30.3 Å². The predicted molar refractivity (Wildman–Crippen MR) is 84.0 cm³/mol. The number of benzene rings is 1. The molecule has 3 rings (SSSR count). The SMILES string of the molecule is CC1(c2ccccc2)NC(=O)CN(C2CCCSC2)C1=O. The van der Waals surface area contributed by atoms with Crippen molar-refractivity contribution in [3.8, 4) is 0 Å². The molecule has 0 saturated carbocycles. The monoisotopic (exact) mass is 304 g/mol. The molecule has 1 aromatic rings. The molecule has 2 unspecified atom stereocenters. The van der Waals surface area contributed by atoms with Crippen molar-refractivity contribution in [1.29, 1.82) is 0 Å². The summed E-state index contributed by atoms with van der Waals surface area (Å²) in [5, 5.41) is 2.89. The van der Waals surface area contributed by atoms with Crippen LogP contribution in [0.25, 0.3) is 0 Å². The van der Waals surface area contributed by atoms with Gasteiger partial charge in [-0.15, -0.1) is 0 Å². The van der Waals surface area contributed by atoms with Crippen molar-refractivity contribution in [1.82, 2.24) is 10.2 Å². The van der Waals surface area contributed by atoms with Gasteiger partial charge in [0.25, 0.3) is 5.91 Å². The number of rotatable bonds is 2. The van der Waals surface area contributed by atoms with Crippen LogP contribution in [-0.2, 0) is 15.1 Å². The number of carbonyl (C=O) groups excluding carboxylic acids is 2. The smallest absolute Gasteiger partial charge is 0.253 e. The third kappa shape index (κ3) is 2.67. The minimum absolute atomic E-state index is 0.0146. The van der Waals surface area contributed by atoms with E-state index in [9.17, 15) is 9.59 Å². The number of amides is 2. The standard InChI is InChI=1S/C16H20N2O2S/c1-16(12-6-3-2-4-7-12)15(20)18(10-14(19)17-16)13-8-5-9-21-11-13/h2-4,6-7,13H,5,8-11H2,1H3,(H,17,19). The highest BCUT2D eigenvalue weighted by Gasteiger charge is 2.46. The predicted octanol–water partition coefficient (Wildman–Crippen LogP) is 1.76. The van der Waals surface area contributed by atoms with Gasteiger partial charge >= 0.3 is 0 Å². The van der Waals surface area contributed by atoms with E-state index in [-0.39, 0.29) is 24.4 Å². The first kappa shape index (κ1) is 14.4. The van der Waals surface area contributed by atoms with Gasteiger partial charge in [-0.25, -0.2) is 0 Å². The van der Waals surface area contributed by atoms with E-state index in [1.807, 2.05) is 49.0 Å². The second kappa shape index (κ2) is 5.72. The lowest BCUT2D eigenvalue weighted by Gasteiger charge is -2.44. The summed E-state index contributed by atoms with van der Waals surface area (Å²) in [7, 11) is 0. The fourth-order valence-electron chi connectivity index (χ4n) is 3.12. The van der Waals surface area contributed by atoms with Crippen LogP contribution in [0.5, 0.6) is 0 Å². The van der Waals surface area contributed by atoms with E-state index in [1.165, 1.54) is 0 Å². The molecule has 1 N–H and O–H groups in total. The Balaban J connectivity index is 1.91. The minimum atomic E-state index is -0.946. The summed E-state index contributed by atoms with van der Waals surface area (Å²) in [5.41, 5.74) is -0.102. The number of thioether (sulfide) groups is 1. The van der Waals surface area contributed by atoms with E-state index >= 15 is 0 Å². The maximum atomic E-state index is 13.0. The van der Waals surface area contributed by atoms with Gasteiger partial charge in [0, 0.05) is 11.8 Å². The van der Waals surface area contributed by atoms with Crippen molar-refractivity contribution < 1.29 is 9.59 Å². The van der Waals surface area contributed by atoms with Crippen LogP contribution in [0.15, 0.2) is 30.3 Å². The minimum Gasteiger partial charge on any atom is -0.337 e. The molecule has 2 fully saturated rings. The topological polar surface area (TPSA) is 49.4 Å². The molecule has 2 saturated heterocycles. The molecule has 21 heavy (non-hydrogen) atoms. The molecule has 2 aliphatic heterocycles. The van der Waals surface area contributed by atoms with E-state index in [1.54, 1.807) is 4.90 Å². The lowest BCUT2D eigenvalue weighted by atomic mass is 9.87. The van der Waals surface area contributed by atoms with Crippen LogP contribution in [0, 0.1) is 0 Å². The second-order valence-corrected chi connectivity index (χ2v) is 6.99. The average Bonchev–Trinajstić information content (AvgIpc) is 2.52. The van der Waals surface area contributed by atoms with Crippen LogP contribution in [0.4, 0.5) is 0 Å². The van der Waals surface area contributed by atoms with Crippen LogP contribution in [-0.4, -0.2) is 40.8 Å². The van der Waals surface area contributed by atoms with Gasteiger partial charge < -0.3 is 10.2 Å². The van der Waals surface area contributed by atoms with Crippen molar-refractivity contribution in [3.05, 3.63) is 35.9 Å². The highest BCUT2D eigenvalue weighted by atomic mass is 32.2. The normalized spacial score (nSPS) is 30.1. The van der Waals surface area contributed by atoms with Gasteiger partial charge in [-0.2, -0.15) is 11.8 Å². The molecule has 0 aliphatic carbocycles. The van der Waals surface area contributed by atoms with Gasteiger partial charge in [-0.05, 0) is 31.1 Å². The maximum Gasteiger partial charge on any atom is 0.253 e. The van der Waals surface area contributed by atoms with E-state index < -0.39 is 5.54 Å². The van der Waals surface area contributed by atoms with Crippen molar-refractivity contribution in [2.45, 2.75) is 31.3 Å². The van der Waals surface area contributed by atoms with Crippen LogP contribution >= 0.6 is 11.8 Å². The lowest BCUT2D eigenvalue weighted by molar-refractivity contribution is -0.151. The highest BCUT2D eigenvalue weighted by molar-refractivity contribution is 7.99. The first-order chi connectivity index (χ1) is 10.1.